The normalized spacial score (nSPS) is 12.7. The SMILES string of the molecule is COc1cc2c([nH]c3c(OC)c4c(cc32)OCO4)c(OC)c1OC. The molecule has 0 aliphatic carbocycles. The summed E-state index contributed by atoms with van der Waals surface area (Å²) in [6, 6.07) is 3.82. The Balaban J connectivity index is 2.16. The number of nitrogens with one attached hydrogen (secondary N) is 1. The van der Waals surface area contributed by atoms with Gasteiger partial charge in [0.15, 0.2) is 23.0 Å². The molecule has 2 aromatic carbocycles. The second-order valence-corrected chi connectivity index (χ2v) is 5.26. The second kappa shape index (κ2) is 5.30. The van der Waals surface area contributed by atoms with Crippen molar-refractivity contribution < 1.29 is 28.4 Å². The van der Waals surface area contributed by atoms with Crippen LogP contribution in [0.2, 0.25) is 0 Å². The summed E-state index contributed by atoms with van der Waals surface area (Å²) in [5.74, 6) is 3.50. The Kier molecular flexibility index (Phi) is 3.23. The van der Waals surface area contributed by atoms with Gasteiger partial charge < -0.3 is 33.4 Å². The van der Waals surface area contributed by atoms with Crippen molar-refractivity contribution in [2.75, 3.05) is 35.2 Å². The van der Waals surface area contributed by atoms with Crippen molar-refractivity contribution in [1.29, 1.82) is 0 Å². The number of hydrogen-bond acceptors (Lipinski definition) is 6. The number of benzene rings is 2. The fourth-order valence-electron chi connectivity index (χ4n) is 3.16. The van der Waals surface area contributed by atoms with Crippen LogP contribution < -0.4 is 28.4 Å². The highest BCUT2D eigenvalue weighted by atomic mass is 16.7. The van der Waals surface area contributed by atoms with Gasteiger partial charge in [-0.05, 0) is 12.1 Å². The molecule has 0 bridgehead atoms. The molecule has 7 nitrogen and oxygen atoms in total. The Morgan fingerprint density at radius 2 is 1.46 bits per heavy atom. The first-order chi connectivity index (χ1) is 11.7. The molecule has 0 amide bonds. The van der Waals surface area contributed by atoms with E-state index in [1.807, 2.05) is 12.1 Å². The average molecular weight is 331 g/mol. The van der Waals surface area contributed by atoms with Crippen LogP contribution in [0.3, 0.4) is 0 Å². The first-order valence-electron chi connectivity index (χ1n) is 7.34. The zero-order valence-corrected chi connectivity index (χ0v) is 13.8. The Hall–Kier alpha value is -2.96. The van der Waals surface area contributed by atoms with Gasteiger partial charge in [-0.1, -0.05) is 0 Å². The fraction of sp³-hybridized carbons (Fsp3) is 0.294. The van der Waals surface area contributed by atoms with Gasteiger partial charge in [-0.25, -0.2) is 0 Å². The number of hydrogen-bond donors (Lipinski definition) is 1. The number of H-pyrrole nitrogens is 1. The molecule has 0 unspecified atom stereocenters. The van der Waals surface area contributed by atoms with Crippen molar-refractivity contribution >= 4 is 21.8 Å². The molecule has 4 rings (SSSR count). The Labute approximate surface area is 138 Å². The lowest BCUT2D eigenvalue weighted by molar-refractivity contribution is 0.171. The third-order valence-electron chi connectivity index (χ3n) is 4.19. The minimum absolute atomic E-state index is 0.177. The highest BCUT2D eigenvalue weighted by molar-refractivity contribution is 6.13. The largest absolute Gasteiger partial charge is 0.493 e. The van der Waals surface area contributed by atoms with E-state index in [0.717, 1.165) is 21.8 Å². The van der Waals surface area contributed by atoms with Crippen LogP contribution in [0.4, 0.5) is 0 Å². The van der Waals surface area contributed by atoms with E-state index in [0.29, 0.717) is 34.5 Å². The molecular formula is C17H17NO6. The van der Waals surface area contributed by atoms with Crippen molar-refractivity contribution in [3.63, 3.8) is 0 Å². The Morgan fingerprint density at radius 1 is 0.792 bits per heavy atom. The van der Waals surface area contributed by atoms with Crippen LogP contribution in [-0.2, 0) is 0 Å². The predicted molar refractivity (Wildman–Crippen MR) is 88.1 cm³/mol. The highest BCUT2D eigenvalue weighted by Gasteiger charge is 2.26. The maximum absolute atomic E-state index is 5.56. The van der Waals surface area contributed by atoms with Gasteiger partial charge in [-0.3, -0.25) is 0 Å². The molecule has 1 aromatic heterocycles. The molecule has 2 heterocycles. The van der Waals surface area contributed by atoms with E-state index in [1.54, 1.807) is 28.4 Å². The lowest BCUT2D eigenvalue weighted by atomic mass is 10.1. The van der Waals surface area contributed by atoms with Crippen LogP contribution in [-0.4, -0.2) is 40.2 Å². The van der Waals surface area contributed by atoms with Crippen LogP contribution in [0.25, 0.3) is 21.8 Å². The van der Waals surface area contributed by atoms with E-state index in [4.69, 9.17) is 28.4 Å². The van der Waals surface area contributed by atoms with Crippen molar-refractivity contribution in [2.24, 2.45) is 0 Å². The Morgan fingerprint density at radius 3 is 2.12 bits per heavy atom. The zero-order valence-electron chi connectivity index (χ0n) is 13.8. The molecule has 1 N–H and O–H groups in total. The van der Waals surface area contributed by atoms with Crippen LogP contribution in [0.15, 0.2) is 12.1 Å². The molecule has 3 aromatic rings. The average Bonchev–Trinajstić information content (AvgIpc) is 3.21. The van der Waals surface area contributed by atoms with Gasteiger partial charge in [0.2, 0.25) is 18.3 Å². The van der Waals surface area contributed by atoms with Crippen molar-refractivity contribution in [3.8, 4) is 34.5 Å². The summed E-state index contributed by atoms with van der Waals surface area (Å²) in [6.07, 6.45) is 0. The maximum atomic E-state index is 5.56. The number of ether oxygens (including phenoxy) is 6. The third-order valence-corrected chi connectivity index (χ3v) is 4.19. The molecule has 0 atom stereocenters. The minimum atomic E-state index is 0.177. The van der Waals surface area contributed by atoms with E-state index in [2.05, 4.69) is 4.98 Å². The molecule has 0 spiro atoms. The number of fused-ring (bicyclic) bond motifs is 4. The van der Waals surface area contributed by atoms with Crippen molar-refractivity contribution in [1.82, 2.24) is 4.98 Å². The minimum Gasteiger partial charge on any atom is -0.493 e. The molecule has 0 radical (unpaired) electrons. The standard InChI is InChI=1S/C17H17NO6/c1-19-10-5-8-9-6-11-15(24-7-23-11)17(22-4)13(9)18-12(8)16(21-3)14(10)20-2/h5-6,18H,7H2,1-4H3. The van der Waals surface area contributed by atoms with E-state index < -0.39 is 0 Å². The van der Waals surface area contributed by atoms with Crippen LogP contribution in [0.1, 0.15) is 0 Å². The van der Waals surface area contributed by atoms with E-state index in [9.17, 15) is 0 Å². The van der Waals surface area contributed by atoms with E-state index in [-0.39, 0.29) is 6.79 Å². The van der Waals surface area contributed by atoms with Gasteiger partial charge >= 0.3 is 0 Å². The highest BCUT2D eigenvalue weighted by Crippen LogP contribution is 2.51. The van der Waals surface area contributed by atoms with Crippen molar-refractivity contribution in [2.45, 2.75) is 0 Å². The van der Waals surface area contributed by atoms with Gasteiger partial charge in [-0.15, -0.1) is 0 Å². The summed E-state index contributed by atoms with van der Waals surface area (Å²) in [4.78, 5) is 3.35. The first kappa shape index (κ1) is 14.6. The fourth-order valence-corrected chi connectivity index (χ4v) is 3.16. The van der Waals surface area contributed by atoms with Gasteiger partial charge in [0.25, 0.3) is 0 Å². The quantitative estimate of drug-likeness (QED) is 0.792. The zero-order chi connectivity index (χ0) is 16.8. The molecule has 0 saturated carbocycles. The van der Waals surface area contributed by atoms with Crippen molar-refractivity contribution in [3.05, 3.63) is 12.1 Å². The molecule has 1 aliphatic rings. The van der Waals surface area contributed by atoms with Crippen LogP contribution in [0, 0.1) is 0 Å². The number of aromatic amines is 1. The van der Waals surface area contributed by atoms with Crippen LogP contribution >= 0.6 is 0 Å². The number of aromatic nitrogens is 1. The Bertz CT molecular complexity index is 946. The molecule has 0 saturated heterocycles. The smallest absolute Gasteiger partial charge is 0.231 e. The summed E-state index contributed by atoms with van der Waals surface area (Å²) in [7, 11) is 6.35. The molecule has 24 heavy (non-hydrogen) atoms. The van der Waals surface area contributed by atoms with E-state index >= 15 is 0 Å². The molecule has 126 valence electrons. The van der Waals surface area contributed by atoms with Gasteiger partial charge in [0, 0.05) is 10.8 Å². The summed E-state index contributed by atoms with van der Waals surface area (Å²) in [5.41, 5.74) is 1.58. The number of methoxy groups -OCH3 is 4. The third kappa shape index (κ3) is 1.78. The summed E-state index contributed by atoms with van der Waals surface area (Å²) >= 11 is 0. The van der Waals surface area contributed by atoms with Gasteiger partial charge in [0.1, 0.15) is 0 Å². The monoisotopic (exact) mass is 331 g/mol. The summed E-state index contributed by atoms with van der Waals surface area (Å²) in [5, 5.41) is 1.83. The second-order valence-electron chi connectivity index (χ2n) is 5.26. The lowest BCUT2D eigenvalue weighted by Crippen LogP contribution is -1.95. The first-order valence-corrected chi connectivity index (χ1v) is 7.34. The predicted octanol–water partition coefficient (Wildman–Crippen LogP) is 3.08. The summed E-state index contributed by atoms with van der Waals surface area (Å²) < 4.78 is 33.0. The molecular weight excluding hydrogens is 314 g/mol. The van der Waals surface area contributed by atoms with E-state index in [1.165, 1.54) is 0 Å². The molecule has 1 aliphatic heterocycles. The number of rotatable bonds is 4. The molecule has 0 fully saturated rings. The van der Waals surface area contributed by atoms with Gasteiger partial charge in [-0.2, -0.15) is 0 Å². The topological polar surface area (TPSA) is 71.2 Å². The maximum Gasteiger partial charge on any atom is 0.231 e. The van der Waals surface area contributed by atoms with Gasteiger partial charge in [0.05, 0.1) is 39.5 Å². The lowest BCUT2D eigenvalue weighted by Gasteiger charge is -2.12. The van der Waals surface area contributed by atoms with Crippen LogP contribution in [0.5, 0.6) is 34.5 Å². The molecule has 7 heteroatoms. The summed E-state index contributed by atoms with van der Waals surface area (Å²) in [6.45, 7) is 0.177.